The molecule has 0 saturated carbocycles. The average molecular weight is 479 g/mol. The summed E-state index contributed by atoms with van der Waals surface area (Å²) in [4.78, 5) is 20.1. The number of fused-ring (bicyclic) bond motifs is 1. The normalized spacial score (nSPS) is 13.6. The first-order chi connectivity index (χ1) is 15.5. The van der Waals surface area contributed by atoms with E-state index in [0.717, 1.165) is 0 Å². The van der Waals surface area contributed by atoms with Crippen LogP contribution in [0.5, 0.6) is 5.75 Å². The van der Waals surface area contributed by atoms with Crippen LogP contribution >= 0.6 is 0 Å². The van der Waals surface area contributed by atoms with Crippen LogP contribution in [-0.2, 0) is 21.7 Å². The topological polar surface area (TPSA) is 112 Å². The monoisotopic (exact) mass is 479 g/mol. The van der Waals surface area contributed by atoms with Crippen LogP contribution < -0.4 is 4.74 Å². The Hall–Kier alpha value is -3.74. The van der Waals surface area contributed by atoms with Gasteiger partial charge in [0.1, 0.15) is 11.4 Å². The maximum absolute atomic E-state index is 12.9. The lowest BCUT2D eigenvalue weighted by Gasteiger charge is -2.03. The molecule has 0 saturated heterocycles. The lowest BCUT2D eigenvalue weighted by molar-refractivity contribution is -0.159. The summed E-state index contributed by atoms with van der Waals surface area (Å²) >= 11 is 0. The quantitative estimate of drug-likeness (QED) is 0.427. The van der Waals surface area contributed by atoms with Crippen molar-refractivity contribution in [2.24, 2.45) is 4.36 Å². The maximum Gasteiger partial charge on any atom is 0.471 e. The van der Waals surface area contributed by atoms with Gasteiger partial charge in [0.2, 0.25) is 5.82 Å². The van der Waals surface area contributed by atoms with Crippen LogP contribution in [0.1, 0.15) is 21.9 Å². The van der Waals surface area contributed by atoms with E-state index in [1.54, 1.807) is 28.9 Å². The molecule has 0 aliphatic heterocycles. The molecule has 0 bridgehead atoms. The van der Waals surface area contributed by atoms with Crippen molar-refractivity contribution in [1.82, 2.24) is 19.5 Å². The van der Waals surface area contributed by atoms with E-state index in [2.05, 4.69) is 24.0 Å². The first-order valence-electron chi connectivity index (χ1n) is 9.31. The van der Waals surface area contributed by atoms with Gasteiger partial charge in [0.25, 0.3) is 5.91 Å². The third-order valence-electron chi connectivity index (χ3n) is 4.47. The summed E-state index contributed by atoms with van der Waals surface area (Å²) in [5.41, 5.74) is 1.27. The molecule has 33 heavy (non-hydrogen) atoms. The summed E-state index contributed by atoms with van der Waals surface area (Å²) in [6, 6.07) is 9.20. The van der Waals surface area contributed by atoms with Crippen molar-refractivity contribution in [3.8, 4) is 17.1 Å². The number of methoxy groups -OCH3 is 1. The number of nitrogens with zero attached hydrogens (tertiary/aromatic N) is 5. The van der Waals surface area contributed by atoms with E-state index < -0.39 is 27.7 Å². The van der Waals surface area contributed by atoms with Gasteiger partial charge in [-0.15, -0.1) is 0 Å². The summed E-state index contributed by atoms with van der Waals surface area (Å²) in [6.45, 7) is 0. The van der Waals surface area contributed by atoms with Gasteiger partial charge in [-0.1, -0.05) is 5.16 Å². The summed E-state index contributed by atoms with van der Waals surface area (Å²) in [7, 11) is -1.47. The summed E-state index contributed by atoms with van der Waals surface area (Å²) in [6.07, 6.45) is -0.263. The molecule has 3 heterocycles. The van der Waals surface area contributed by atoms with Gasteiger partial charge in [-0.05, 0) is 36.4 Å². The highest BCUT2D eigenvalue weighted by atomic mass is 32.2. The van der Waals surface area contributed by atoms with E-state index in [4.69, 9.17) is 4.74 Å². The van der Waals surface area contributed by atoms with E-state index in [1.807, 2.05) is 0 Å². The molecular formula is C20H16F3N5O4S. The Bertz CT molecular complexity index is 1450. The van der Waals surface area contributed by atoms with Gasteiger partial charge in [0.05, 0.1) is 28.3 Å². The number of amides is 1. The Morgan fingerprint density at radius 3 is 2.58 bits per heavy atom. The number of pyridine rings is 1. The molecule has 1 atom stereocenters. The third-order valence-corrected chi connectivity index (χ3v) is 5.85. The highest BCUT2D eigenvalue weighted by molar-refractivity contribution is 7.92. The Morgan fingerprint density at radius 2 is 1.94 bits per heavy atom. The average Bonchev–Trinajstić information content (AvgIpc) is 3.39. The number of carbonyl (C=O) groups is 1. The molecule has 0 spiro atoms. The third kappa shape index (κ3) is 5.03. The van der Waals surface area contributed by atoms with E-state index >= 15 is 0 Å². The largest absolute Gasteiger partial charge is 0.497 e. The van der Waals surface area contributed by atoms with Crippen molar-refractivity contribution in [1.29, 1.82) is 0 Å². The fourth-order valence-corrected chi connectivity index (χ4v) is 4.18. The molecule has 3 aromatic heterocycles. The molecule has 4 aromatic rings. The molecule has 13 heteroatoms. The number of aromatic nitrogens is 4. The Balaban J connectivity index is 1.57. The van der Waals surface area contributed by atoms with Crippen LogP contribution in [0.15, 0.2) is 57.7 Å². The van der Waals surface area contributed by atoms with Crippen LogP contribution in [-0.4, -0.2) is 43.0 Å². The minimum absolute atomic E-state index is 0.105. The smallest absolute Gasteiger partial charge is 0.471 e. The van der Waals surface area contributed by atoms with Crippen LogP contribution in [0.3, 0.4) is 0 Å². The minimum Gasteiger partial charge on any atom is -0.497 e. The number of carbonyl (C=O) groups excluding carboxylic acids is 1. The molecule has 1 aromatic carbocycles. The number of imidazole rings is 1. The molecule has 4 rings (SSSR count). The van der Waals surface area contributed by atoms with Crippen molar-refractivity contribution in [3.63, 3.8) is 0 Å². The molecule has 0 aliphatic carbocycles. The van der Waals surface area contributed by atoms with Gasteiger partial charge >= 0.3 is 12.1 Å². The van der Waals surface area contributed by atoms with E-state index in [9.17, 15) is 22.2 Å². The Labute approximate surface area is 185 Å². The molecule has 1 amide bonds. The van der Waals surface area contributed by atoms with E-state index in [0.29, 0.717) is 17.1 Å². The number of halogens is 3. The highest BCUT2D eigenvalue weighted by Crippen LogP contribution is 2.29. The van der Waals surface area contributed by atoms with Crippen molar-refractivity contribution < 1.29 is 31.4 Å². The number of ether oxygens (including phenoxy) is 1. The molecule has 0 fully saturated rings. The molecule has 9 nitrogen and oxygen atoms in total. The van der Waals surface area contributed by atoms with Gasteiger partial charge in [0.15, 0.2) is 0 Å². The van der Waals surface area contributed by atoms with Crippen LogP contribution in [0.2, 0.25) is 0 Å². The van der Waals surface area contributed by atoms with Gasteiger partial charge < -0.3 is 13.7 Å². The van der Waals surface area contributed by atoms with Gasteiger partial charge in [-0.3, -0.25) is 4.79 Å². The summed E-state index contributed by atoms with van der Waals surface area (Å²) < 4.78 is 65.7. The highest BCUT2D eigenvalue weighted by Gasteiger charge is 2.38. The van der Waals surface area contributed by atoms with Crippen LogP contribution in [0.4, 0.5) is 13.2 Å². The predicted octanol–water partition coefficient (Wildman–Crippen LogP) is 3.85. The van der Waals surface area contributed by atoms with E-state index in [-0.39, 0.29) is 22.7 Å². The second-order valence-electron chi connectivity index (χ2n) is 7.06. The lowest BCUT2D eigenvalue weighted by atomic mass is 10.2. The first-order valence-corrected chi connectivity index (χ1v) is 11.4. The number of hydrogen-bond donors (Lipinski definition) is 0. The molecular weight excluding hydrogens is 463 g/mol. The fraction of sp³-hybridized carbons (Fsp3) is 0.200. The Kier molecular flexibility index (Phi) is 5.66. The second-order valence-corrected chi connectivity index (χ2v) is 9.45. The number of alkyl halides is 3. The van der Waals surface area contributed by atoms with Crippen molar-refractivity contribution in [3.05, 3.63) is 65.9 Å². The maximum atomic E-state index is 12.9. The summed E-state index contributed by atoms with van der Waals surface area (Å²) in [5, 5.41) is 3.35. The minimum atomic E-state index is -4.75. The van der Waals surface area contributed by atoms with Crippen molar-refractivity contribution in [2.75, 3.05) is 13.4 Å². The molecule has 0 aliphatic rings. The van der Waals surface area contributed by atoms with Crippen LogP contribution in [0, 0.1) is 0 Å². The molecule has 0 radical (unpaired) electrons. The number of rotatable bonds is 5. The zero-order valence-electron chi connectivity index (χ0n) is 17.2. The first kappa shape index (κ1) is 22.5. The zero-order valence-corrected chi connectivity index (χ0v) is 18.1. The number of benzene rings is 1. The number of hydrogen-bond acceptors (Lipinski definition) is 7. The molecule has 172 valence electrons. The Morgan fingerprint density at radius 1 is 1.21 bits per heavy atom. The van der Waals surface area contributed by atoms with Crippen LogP contribution in [0.25, 0.3) is 17.0 Å². The molecule has 1 unspecified atom stereocenters. The van der Waals surface area contributed by atoms with E-state index in [1.165, 1.54) is 37.6 Å². The van der Waals surface area contributed by atoms with Crippen molar-refractivity contribution in [2.45, 2.75) is 11.9 Å². The summed E-state index contributed by atoms with van der Waals surface area (Å²) in [5.74, 6) is -1.85. The zero-order chi connectivity index (χ0) is 23.8. The van der Waals surface area contributed by atoms with Gasteiger partial charge in [-0.25, -0.2) is 9.19 Å². The van der Waals surface area contributed by atoms with Gasteiger partial charge in [-0.2, -0.15) is 22.5 Å². The lowest BCUT2D eigenvalue weighted by Crippen LogP contribution is -2.06. The molecule has 0 N–H and O–H groups in total. The fourth-order valence-electron chi connectivity index (χ4n) is 2.97. The second kappa shape index (κ2) is 8.31. The van der Waals surface area contributed by atoms with Crippen molar-refractivity contribution >= 4 is 21.3 Å². The van der Waals surface area contributed by atoms with Gasteiger partial charge in [0, 0.05) is 29.8 Å². The predicted molar refractivity (Wildman–Crippen MR) is 111 cm³/mol. The SMILES string of the molecule is COc1ccc(C(=O)N=S(C)(=O)Cc2cn3ccc(-c4noc(C(F)(F)F)n4)cc3n2)cc1. The standard InChI is InChI=1S/C20H16F3N5O4S/c1-31-15-5-3-12(4-6-15)18(29)27-33(2,30)11-14-10-28-8-7-13(9-16(28)24-14)17-25-19(32-26-17)20(21,22)23/h3-10H,11H2,1-2H3.